The van der Waals surface area contributed by atoms with Gasteiger partial charge in [-0.25, -0.2) is 4.79 Å². The Kier molecular flexibility index (Phi) is 2.53. The second kappa shape index (κ2) is 3.96. The quantitative estimate of drug-likeness (QED) is 0.869. The van der Waals surface area contributed by atoms with Gasteiger partial charge < -0.3 is 14.3 Å². The van der Waals surface area contributed by atoms with Gasteiger partial charge in [0, 0.05) is 12.5 Å². The van der Waals surface area contributed by atoms with E-state index in [-0.39, 0.29) is 17.8 Å². The molecule has 2 heterocycles. The summed E-state index contributed by atoms with van der Waals surface area (Å²) < 4.78 is 11.8. The third kappa shape index (κ3) is 1.67. The fourth-order valence-corrected chi connectivity index (χ4v) is 2.36. The van der Waals surface area contributed by atoms with Gasteiger partial charge in [0.15, 0.2) is 5.58 Å². The molecule has 0 amide bonds. The third-order valence-electron chi connectivity index (χ3n) is 3.59. The first kappa shape index (κ1) is 11.5. The van der Waals surface area contributed by atoms with E-state index in [1.807, 2.05) is 18.2 Å². The van der Waals surface area contributed by atoms with Crippen LogP contribution in [0.2, 0.25) is 0 Å². The highest BCUT2D eigenvalue weighted by Gasteiger charge is 2.38. The smallest absolute Gasteiger partial charge is 0.408 e. The number of oxazole rings is 1. The van der Waals surface area contributed by atoms with Gasteiger partial charge in [0.05, 0.1) is 25.3 Å². The number of benzene rings is 1. The molecule has 1 aliphatic rings. The molecule has 5 heteroatoms. The second-order valence-corrected chi connectivity index (χ2v) is 5.06. The lowest BCUT2D eigenvalue weighted by Gasteiger charge is -2.40. The molecule has 2 aromatic rings. The molecule has 5 nitrogen and oxygen atoms in total. The second-order valence-electron chi connectivity index (χ2n) is 5.06. The highest BCUT2D eigenvalue weighted by molar-refractivity contribution is 5.73. The van der Waals surface area contributed by atoms with Crippen molar-refractivity contribution >= 4 is 11.1 Å². The number of rotatable bonds is 3. The number of aromatic nitrogens is 1. The number of fused-ring (bicyclic) bond motifs is 1. The zero-order valence-electron chi connectivity index (χ0n) is 10.2. The molecule has 0 saturated carbocycles. The normalized spacial score (nSPS) is 17.9. The van der Waals surface area contributed by atoms with Crippen LogP contribution in [-0.4, -0.2) is 29.5 Å². The Morgan fingerprint density at radius 3 is 2.83 bits per heavy atom. The minimum absolute atomic E-state index is 0.115. The maximum atomic E-state index is 11.4. The van der Waals surface area contributed by atoms with Gasteiger partial charge >= 0.3 is 5.76 Å². The molecule has 0 unspecified atom stereocenters. The van der Waals surface area contributed by atoms with Gasteiger partial charge in [0.2, 0.25) is 0 Å². The highest BCUT2D eigenvalue weighted by atomic mass is 16.5. The molecule has 0 spiro atoms. The molecule has 0 aliphatic carbocycles. The summed E-state index contributed by atoms with van der Waals surface area (Å²) in [6, 6.07) is 5.71. The molecule has 96 valence electrons. The van der Waals surface area contributed by atoms with Crippen molar-refractivity contribution in [2.75, 3.05) is 19.8 Å². The Labute approximate surface area is 104 Å². The van der Waals surface area contributed by atoms with Crippen LogP contribution in [0.4, 0.5) is 0 Å². The molecule has 1 saturated heterocycles. The summed E-state index contributed by atoms with van der Waals surface area (Å²) in [5.41, 5.74) is 2.26. The minimum Gasteiger partial charge on any atom is -0.408 e. The lowest BCUT2D eigenvalue weighted by molar-refractivity contribution is -0.136. The summed E-state index contributed by atoms with van der Waals surface area (Å²) in [6.45, 7) is 1.28. The molecule has 0 atom stereocenters. The van der Waals surface area contributed by atoms with E-state index in [1.165, 1.54) is 4.57 Å². The van der Waals surface area contributed by atoms with Crippen LogP contribution in [0.15, 0.2) is 27.4 Å². The molecule has 18 heavy (non-hydrogen) atoms. The van der Waals surface area contributed by atoms with Crippen molar-refractivity contribution in [1.82, 2.24) is 4.57 Å². The lowest BCUT2D eigenvalue weighted by atomic mass is 9.80. The largest absolute Gasteiger partial charge is 0.419 e. The van der Waals surface area contributed by atoms with Crippen LogP contribution in [0, 0.1) is 5.41 Å². The summed E-state index contributed by atoms with van der Waals surface area (Å²) in [7, 11) is 1.68. The molecular formula is C13H15NO4. The van der Waals surface area contributed by atoms with E-state index in [0.29, 0.717) is 18.8 Å². The minimum atomic E-state index is -0.356. The number of ether oxygens (including phenoxy) is 1. The molecule has 3 rings (SSSR count). The average molecular weight is 249 g/mol. The number of aliphatic hydroxyl groups is 1. The van der Waals surface area contributed by atoms with E-state index < -0.39 is 0 Å². The van der Waals surface area contributed by atoms with Crippen LogP contribution in [-0.2, 0) is 18.2 Å². The van der Waals surface area contributed by atoms with Crippen LogP contribution in [0.3, 0.4) is 0 Å². The van der Waals surface area contributed by atoms with Crippen LogP contribution in [0.5, 0.6) is 0 Å². The summed E-state index contributed by atoms with van der Waals surface area (Å²) in [4.78, 5) is 11.4. The van der Waals surface area contributed by atoms with Crippen LogP contribution in [0.1, 0.15) is 5.56 Å². The SMILES string of the molecule is Cn1c(=O)oc2cc(CC3(CO)COC3)ccc21. The molecule has 1 aromatic heterocycles. The van der Waals surface area contributed by atoms with Crippen molar-refractivity contribution in [3.05, 3.63) is 34.3 Å². The summed E-state index contributed by atoms with van der Waals surface area (Å²) in [6.07, 6.45) is 0.734. The predicted molar refractivity (Wildman–Crippen MR) is 65.5 cm³/mol. The summed E-state index contributed by atoms with van der Waals surface area (Å²) in [5.74, 6) is -0.356. The number of hydrogen-bond donors (Lipinski definition) is 1. The fraction of sp³-hybridized carbons (Fsp3) is 0.462. The van der Waals surface area contributed by atoms with E-state index in [9.17, 15) is 9.90 Å². The van der Waals surface area contributed by atoms with Crippen molar-refractivity contribution < 1.29 is 14.3 Å². The Bertz CT molecular complexity index is 630. The van der Waals surface area contributed by atoms with E-state index in [1.54, 1.807) is 7.05 Å². The lowest BCUT2D eigenvalue weighted by Crippen LogP contribution is -2.47. The van der Waals surface area contributed by atoms with Gasteiger partial charge in [0.1, 0.15) is 0 Å². The van der Waals surface area contributed by atoms with Crippen LogP contribution >= 0.6 is 0 Å². The topological polar surface area (TPSA) is 64.6 Å². The molecule has 0 radical (unpaired) electrons. The zero-order chi connectivity index (χ0) is 12.8. The first-order valence-corrected chi connectivity index (χ1v) is 5.91. The molecule has 1 aliphatic heterocycles. The van der Waals surface area contributed by atoms with Gasteiger partial charge in [-0.1, -0.05) is 6.07 Å². The Hall–Kier alpha value is -1.59. The van der Waals surface area contributed by atoms with E-state index in [2.05, 4.69) is 0 Å². The number of hydrogen-bond acceptors (Lipinski definition) is 4. The van der Waals surface area contributed by atoms with E-state index in [0.717, 1.165) is 17.5 Å². The number of nitrogens with zero attached hydrogens (tertiary/aromatic N) is 1. The van der Waals surface area contributed by atoms with Gasteiger partial charge in [-0.15, -0.1) is 0 Å². The monoisotopic (exact) mass is 249 g/mol. The Morgan fingerprint density at radius 1 is 1.44 bits per heavy atom. The van der Waals surface area contributed by atoms with E-state index in [4.69, 9.17) is 9.15 Å². The Balaban J connectivity index is 1.96. The fourth-order valence-electron chi connectivity index (χ4n) is 2.36. The van der Waals surface area contributed by atoms with Crippen molar-refractivity contribution in [2.24, 2.45) is 12.5 Å². The number of aryl methyl sites for hydroxylation is 1. The van der Waals surface area contributed by atoms with Crippen LogP contribution in [0.25, 0.3) is 11.1 Å². The van der Waals surface area contributed by atoms with Crippen molar-refractivity contribution in [3.8, 4) is 0 Å². The molecule has 0 bridgehead atoms. The van der Waals surface area contributed by atoms with Gasteiger partial charge in [-0.05, 0) is 24.1 Å². The van der Waals surface area contributed by atoms with Gasteiger partial charge in [-0.2, -0.15) is 0 Å². The van der Waals surface area contributed by atoms with Crippen molar-refractivity contribution in [2.45, 2.75) is 6.42 Å². The third-order valence-corrected chi connectivity index (χ3v) is 3.59. The molecule has 1 fully saturated rings. The maximum Gasteiger partial charge on any atom is 0.419 e. The predicted octanol–water partition coefficient (Wildman–Crippen LogP) is 0.683. The maximum absolute atomic E-state index is 11.4. The first-order valence-electron chi connectivity index (χ1n) is 5.91. The number of aliphatic hydroxyl groups excluding tert-OH is 1. The molecule has 1 N–H and O–H groups in total. The first-order chi connectivity index (χ1) is 8.63. The van der Waals surface area contributed by atoms with Crippen LogP contribution < -0.4 is 5.76 Å². The zero-order valence-corrected chi connectivity index (χ0v) is 10.2. The van der Waals surface area contributed by atoms with E-state index >= 15 is 0 Å². The van der Waals surface area contributed by atoms with Gasteiger partial charge in [0.25, 0.3) is 0 Å². The highest BCUT2D eigenvalue weighted by Crippen LogP contribution is 2.31. The van der Waals surface area contributed by atoms with Gasteiger partial charge in [-0.3, -0.25) is 4.57 Å². The average Bonchev–Trinajstić information content (AvgIpc) is 2.60. The molecular weight excluding hydrogens is 234 g/mol. The van der Waals surface area contributed by atoms with Crippen molar-refractivity contribution in [3.63, 3.8) is 0 Å². The summed E-state index contributed by atoms with van der Waals surface area (Å²) >= 11 is 0. The standard InChI is InChI=1S/C13H15NO4/c1-14-10-3-2-9(4-11(10)18-12(14)16)5-13(6-15)7-17-8-13/h2-4,15H,5-8H2,1H3. The Morgan fingerprint density at radius 2 is 2.22 bits per heavy atom. The molecule has 1 aromatic carbocycles. The van der Waals surface area contributed by atoms with Crippen molar-refractivity contribution in [1.29, 1.82) is 0 Å². The summed E-state index contributed by atoms with van der Waals surface area (Å²) in [5, 5.41) is 9.40.